The minimum Gasteiger partial charge on any atom is -0.481 e. The highest BCUT2D eigenvalue weighted by Crippen LogP contribution is 2.40. The summed E-state index contributed by atoms with van der Waals surface area (Å²) in [4.78, 5) is 11.9. The van der Waals surface area contributed by atoms with Crippen molar-refractivity contribution in [1.82, 2.24) is 4.90 Å². The molecule has 0 radical (unpaired) electrons. The lowest BCUT2D eigenvalue weighted by atomic mass is 9.74. The van der Waals surface area contributed by atoms with Crippen LogP contribution in [0.1, 0.15) is 46.0 Å². The minimum absolute atomic E-state index is 0.135. The van der Waals surface area contributed by atoms with Gasteiger partial charge in [-0.25, -0.2) is 0 Å². The SMILES string of the molecule is CCC1(CC)CCN(C(CC(=O)O)C(F)(F)F)CC1. The fourth-order valence-electron chi connectivity index (χ4n) is 2.88. The number of nitrogens with zero attached hydrogens (tertiary/aromatic N) is 1. The van der Waals surface area contributed by atoms with E-state index in [1.165, 1.54) is 4.90 Å². The molecular formula is C13H22F3NO2. The predicted octanol–water partition coefficient (Wildman–Crippen LogP) is 3.29. The lowest BCUT2D eigenvalue weighted by Crippen LogP contribution is -2.51. The van der Waals surface area contributed by atoms with Crippen molar-refractivity contribution in [2.24, 2.45) is 5.41 Å². The highest BCUT2D eigenvalue weighted by molar-refractivity contribution is 5.67. The number of aliphatic carboxylic acids is 1. The summed E-state index contributed by atoms with van der Waals surface area (Å²) in [5, 5.41) is 8.65. The molecule has 0 amide bonds. The summed E-state index contributed by atoms with van der Waals surface area (Å²) >= 11 is 0. The molecule has 1 aliphatic heterocycles. The van der Waals surface area contributed by atoms with Crippen LogP contribution >= 0.6 is 0 Å². The van der Waals surface area contributed by atoms with Crippen molar-refractivity contribution in [2.45, 2.75) is 58.2 Å². The Bertz CT molecular complexity index is 304. The number of hydrogen-bond acceptors (Lipinski definition) is 2. The van der Waals surface area contributed by atoms with E-state index in [1.807, 2.05) is 0 Å². The topological polar surface area (TPSA) is 40.5 Å². The maximum atomic E-state index is 12.9. The molecule has 1 unspecified atom stereocenters. The predicted molar refractivity (Wildman–Crippen MR) is 65.9 cm³/mol. The Morgan fingerprint density at radius 3 is 2.05 bits per heavy atom. The van der Waals surface area contributed by atoms with Gasteiger partial charge in [-0.05, 0) is 31.3 Å². The Hall–Kier alpha value is -0.780. The van der Waals surface area contributed by atoms with Gasteiger partial charge in [-0.2, -0.15) is 13.2 Å². The normalized spacial score (nSPS) is 22.2. The van der Waals surface area contributed by atoms with Crippen molar-refractivity contribution >= 4 is 5.97 Å². The number of rotatable bonds is 5. The van der Waals surface area contributed by atoms with Gasteiger partial charge < -0.3 is 5.11 Å². The fourth-order valence-corrected chi connectivity index (χ4v) is 2.88. The van der Waals surface area contributed by atoms with Crippen LogP contribution in [0.5, 0.6) is 0 Å². The molecule has 0 aromatic heterocycles. The third kappa shape index (κ3) is 4.09. The molecule has 0 aromatic rings. The molecule has 3 nitrogen and oxygen atoms in total. The van der Waals surface area contributed by atoms with Crippen LogP contribution in [0, 0.1) is 5.41 Å². The van der Waals surface area contributed by atoms with E-state index in [4.69, 9.17) is 5.11 Å². The van der Waals surface area contributed by atoms with Crippen molar-refractivity contribution < 1.29 is 23.1 Å². The number of alkyl halides is 3. The van der Waals surface area contributed by atoms with Gasteiger partial charge in [0.2, 0.25) is 0 Å². The highest BCUT2D eigenvalue weighted by atomic mass is 19.4. The average molecular weight is 281 g/mol. The van der Waals surface area contributed by atoms with Crippen molar-refractivity contribution in [1.29, 1.82) is 0 Å². The molecular weight excluding hydrogens is 259 g/mol. The average Bonchev–Trinajstić information content (AvgIpc) is 2.35. The first kappa shape index (κ1) is 16.3. The molecule has 6 heteroatoms. The summed E-state index contributed by atoms with van der Waals surface area (Å²) in [6.07, 6.45) is -1.98. The Labute approximate surface area is 111 Å². The Morgan fingerprint density at radius 1 is 1.26 bits per heavy atom. The zero-order valence-electron chi connectivity index (χ0n) is 11.5. The molecule has 1 atom stereocenters. The van der Waals surface area contributed by atoms with Crippen LogP contribution in [-0.2, 0) is 4.79 Å². The maximum absolute atomic E-state index is 12.9. The van der Waals surface area contributed by atoms with Crippen molar-refractivity contribution in [2.75, 3.05) is 13.1 Å². The Balaban J connectivity index is 2.72. The van der Waals surface area contributed by atoms with Crippen LogP contribution in [0.4, 0.5) is 13.2 Å². The number of carbonyl (C=O) groups is 1. The number of hydrogen-bond donors (Lipinski definition) is 1. The molecule has 1 aliphatic rings. The second kappa shape index (κ2) is 6.11. The molecule has 1 N–H and O–H groups in total. The molecule has 0 saturated carbocycles. The summed E-state index contributed by atoms with van der Waals surface area (Å²) in [5.41, 5.74) is 0.135. The number of likely N-dealkylation sites (tertiary alicyclic amines) is 1. The number of halogens is 3. The lowest BCUT2D eigenvalue weighted by molar-refractivity contribution is -0.195. The fraction of sp³-hybridized carbons (Fsp3) is 0.923. The standard InChI is InChI=1S/C13H22F3NO2/c1-3-12(4-2)5-7-17(8-6-12)10(9-11(18)19)13(14,15)16/h10H,3-9H2,1-2H3,(H,18,19). The third-order valence-corrected chi connectivity index (χ3v) is 4.55. The van der Waals surface area contributed by atoms with Gasteiger partial charge in [0.05, 0.1) is 6.42 Å². The molecule has 1 saturated heterocycles. The number of carboxylic acids is 1. The van der Waals surface area contributed by atoms with E-state index in [0.29, 0.717) is 25.9 Å². The van der Waals surface area contributed by atoms with E-state index in [-0.39, 0.29) is 5.41 Å². The van der Waals surface area contributed by atoms with E-state index < -0.39 is 24.6 Å². The summed E-state index contributed by atoms with van der Waals surface area (Å²) in [6, 6.07) is -1.85. The molecule has 19 heavy (non-hydrogen) atoms. The van der Waals surface area contributed by atoms with Crippen molar-refractivity contribution in [3.8, 4) is 0 Å². The first-order chi connectivity index (χ1) is 8.74. The number of piperidine rings is 1. The van der Waals surface area contributed by atoms with Gasteiger partial charge in [0.1, 0.15) is 6.04 Å². The second-order valence-corrected chi connectivity index (χ2v) is 5.40. The van der Waals surface area contributed by atoms with Gasteiger partial charge in [-0.1, -0.05) is 26.7 Å². The zero-order valence-corrected chi connectivity index (χ0v) is 11.5. The van der Waals surface area contributed by atoms with Gasteiger partial charge in [0.15, 0.2) is 0 Å². The first-order valence-corrected chi connectivity index (χ1v) is 6.76. The molecule has 0 aliphatic carbocycles. The molecule has 1 rings (SSSR count). The summed E-state index contributed by atoms with van der Waals surface area (Å²) < 4.78 is 38.7. The van der Waals surface area contributed by atoms with Crippen molar-refractivity contribution in [3.05, 3.63) is 0 Å². The van der Waals surface area contributed by atoms with Crippen LogP contribution in [0.3, 0.4) is 0 Å². The van der Waals surface area contributed by atoms with Crippen LogP contribution in [0.25, 0.3) is 0 Å². The van der Waals surface area contributed by atoms with Crippen molar-refractivity contribution in [3.63, 3.8) is 0 Å². The minimum atomic E-state index is -4.48. The number of carboxylic acid groups (broad SMARTS) is 1. The second-order valence-electron chi connectivity index (χ2n) is 5.40. The molecule has 0 aromatic carbocycles. The van der Waals surface area contributed by atoms with E-state index in [2.05, 4.69) is 13.8 Å². The first-order valence-electron chi connectivity index (χ1n) is 6.76. The van der Waals surface area contributed by atoms with Crippen LogP contribution in [0.15, 0.2) is 0 Å². The molecule has 1 heterocycles. The van der Waals surface area contributed by atoms with Gasteiger partial charge in [-0.3, -0.25) is 9.69 Å². The van der Waals surface area contributed by atoms with Crippen LogP contribution < -0.4 is 0 Å². The van der Waals surface area contributed by atoms with Crippen LogP contribution in [-0.4, -0.2) is 41.3 Å². The Morgan fingerprint density at radius 2 is 1.74 bits per heavy atom. The largest absolute Gasteiger partial charge is 0.481 e. The summed E-state index contributed by atoms with van der Waals surface area (Å²) in [6.45, 7) is 4.80. The molecule has 0 spiro atoms. The van der Waals surface area contributed by atoms with Gasteiger partial charge in [-0.15, -0.1) is 0 Å². The van der Waals surface area contributed by atoms with Gasteiger partial charge in [0.25, 0.3) is 0 Å². The lowest BCUT2D eigenvalue weighted by Gasteiger charge is -2.44. The highest BCUT2D eigenvalue weighted by Gasteiger charge is 2.46. The zero-order chi connectivity index (χ0) is 14.7. The maximum Gasteiger partial charge on any atom is 0.404 e. The van der Waals surface area contributed by atoms with Gasteiger partial charge in [0, 0.05) is 0 Å². The third-order valence-electron chi connectivity index (χ3n) is 4.55. The van der Waals surface area contributed by atoms with Crippen LogP contribution in [0.2, 0.25) is 0 Å². The van der Waals surface area contributed by atoms with E-state index in [1.54, 1.807) is 0 Å². The van der Waals surface area contributed by atoms with E-state index in [9.17, 15) is 18.0 Å². The Kier molecular flexibility index (Phi) is 5.24. The summed E-state index contributed by atoms with van der Waals surface area (Å²) in [7, 11) is 0. The molecule has 112 valence electrons. The monoisotopic (exact) mass is 281 g/mol. The smallest absolute Gasteiger partial charge is 0.404 e. The molecule has 0 bridgehead atoms. The van der Waals surface area contributed by atoms with E-state index >= 15 is 0 Å². The summed E-state index contributed by atoms with van der Waals surface area (Å²) in [5.74, 6) is -1.40. The van der Waals surface area contributed by atoms with E-state index in [0.717, 1.165) is 12.8 Å². The molecule has 1 fully saturated rings. The quantitative estimate of drug-likeness (QED) is 0.840. The van der Waals surface area contributed by atoms with Gasteiger partial charge >= 0.3 is 12.1 Å².